The Bertz CT molecular complexity index is 787. The minimum absolute atomic E-state index is 0.0677. The van der Waals surface area contributed by atoms with Gasteiger partial charge in [0.25, 0.3) is 0 Å². The number of phenolic OH excluding ortho intramolecular Hbond substituents is 1. The maximum Gasteiger partial charge on any atom is 0.515 e. The summed E-state index contributed by atoms with van der Waals surface area (Å²) in [5.41, 5.74) is 0.794. The topological polar surface area (TPSA) is 141 Å². The van der Waals surface area contributed by atoms with Gasteiger partial charge in [0.15, 0.2) is 0 Å². The number of carbonyl (C=O) groups excluding carboxylic acids is 1. The molecule has 26 heavy (non-hydrogen) atoms. The van der Waals surface area contributed by atoms with Crippen molar-refractivity contribution in [2.24, 2.45) is 0 Å². The number of carboxylic acid groups (broad SMARTS) is 1. The van der Waals surface area contributed by atoms with Crippen LogP contribution in [-0.4, -0.2) is 51.6 Å². The fraction of sp³-hybridized carbons (Fsp3) is 0.412. The number of nitrogens with one attached hydrogen (secondary N) is 2. The van der Waals surface area contributed by atoms with Crippen molar-refractivity contribution in [2.45, 2.75) is 32.4 Å². The average molecular weight is 366 g/mol. The number of phenols is 1. The SMILES string of the molecule is CCOC(=O)Oc1cc2c(C(O)CNC(C)CC(=O)O)ccc(O)c2[nH]1. The molecule has 0 radical (unpaired) electrons. The van der Waals surface area contributed by atoms with Crippen molar-refractivity contribution in [3.05, 3.63) is 23.8 Å². The number of aromatic amines is 1. The highest BCUT2D eigenvalue weighted by Gasteiger charge is 2.18. The molecule has 0 bridgehead atoms. The molecule has 0 aliphatic rings. The zero-order valence-corrected chi connectivity index (χ0v) is 14.5. The van der Waals surface area contributed by atoms with Crippen molar-refractivity contribution in [3.8, 4) is 11.6 Å². The standard InChI is InChI=1S/C17H22N2O7/c1-3-25-17(24)26-14-7-11-10(4-5-12(20)16(11)19-14)13(21)8-18-9(2)6-15(22)23/h4-5,7,9,13,18-21H,3,6,8H2,1-2H3,(H,22,23). The second kappa shape index (κ2) is 8.54. The fourth-order valence-electron chi connectivity index (χ4n) is 2.54. The van der Waals surface area contributed by atoms with Crippen molar-refractivity contribution >= 4 is 23.0 Å². The molecule has 2 unspecified atom stereocenters. The first kappa shape index (κ1) is 19.5. The normalized spacial score (nSPS) is 13.3. The summed E-state index contributed by atoms with van der Waals surface area (Å²) in [7, 11) is 0. The monoisotopic (exact) mass is 366 g/mol. The lowest BCUT2D eigenvalue weighted by atomic mass is 10.0. The number of rotatable bonds is 8. The van der Waals surface area contributed by atoms with Crippen LogP contribution in [0.5, 0.6) is 11.6 Å². The second-order valence-electron chi connectivity index (χ2n) is 5.80. The van der Waals surface area contributed by atoms with Crippen LogP contribution in [0.4, 0.5) is 4.79 Å². The van der Waals surface area contributed by atoms with Gasteiger partial charge in [-0.05, 0) is 25.5 Å². The molecule has 0 amide bonds. The molecule has 2 atom stereocenters. The van der Waals surface area contributed by atoms with Crippen LogP contribution >= 0.6 is 0 Å². The van der Waals surface area contributed by atoms with Gasteiger partial charge in [-0.2, -0.15) is 0 Å². The number of aliphatic carboxylic acids is 1. The molecular weight excluding hydrogens is 344 g/mol. The highest BCUT2D eigenvalue weighted by atomic mass is 16.7. The van der Waals surface area contributed by atoms with E-state index in [1.807, 2.05) is 0 Å². The Morgan fingerprint density at radius 1 is 1.35 bits per heavy atom. The molecule has 0 spiro atoms. The number of H-pyrrole nitrogens is 1. The molecular formula is C17H22N2O7. The third-order valence-corrected chi connectivity index (χ3v) is 3.74. The Morgan fingerprint density at radius 2 is 2.08 bits per heavy atom. The van der Waals surface area contributed by atoms with Gasteiger partial charge in [0.1, 0.15) is 5.75 Å². The summed E-state index contributed by atoms with van der Waals surface area (Å²) >= 11 is 0. The number of hydrogen-bond donors (Lipinski definition) is 5. The Balaban J connectivity index is 2.18. The van der Waals surface area contributed by atoms with Crippen LogP contribution in [0.15, 0.2) is 18.2 Å². The van der Waals surface area contributed by atoms with Gasteiger partial charge in [-0.25, -0.2) is 4.79 Å². The first-order chi connectivity index (χ1) is 12.3. The second-order valence-corrected chi connectivity index (χ2v) is 5.80. The van der Waals surface area contributed by atoms with Gasteiger partial charge >= 0.3 is 12.1 Å². The number of aromatic hydroxyl groups is 1. The third kappa shape index (κ3) is 4.87. The van der Waals surface area contributed by atoms with Gasteiger partial charge in [-0.3, -0.25) is 4.79 Å². The molecule has 0 aliphatic carbocycles. The summed E-state index contributed by atoms with van der Waals surface area (Å²) < 4.78 is 9.68. The van der Waals surface area contributed by atoms with E-state index in [1.54, 1.807) is 19.9 Å². The van der Waals surface area contributed by atoms with E-state index in [2.05, 4.69) is 10.3 Å². The molecule has 0 fully saturated rings. The van der Waals surface area contributed by atoms with E-state index in [9.17, 15) is 19.8 Å². The number of ether oxygens (including phenoxy) is 2. The van der Waals surface area contributed by atoms with Crippen molar-refractivity contribution < 1.29 is 34.4 Å². The number of aliphatic hydroxyl groups excluding tert-OH is 1. The maximum absolute atomic E-state index is 11.4. The summed E-state index contributed by atoms with van der Waals surface area (Å²) in [6.45, 7) is 3.63. The lowest BCUT2D eigenvalue weighted by Gasteiger charge is -2.17. The largest absolute Gasteiger partial charge is 0.515 e. The van der Waals surface area contributed by atoms with Crippen LogP contribution in [0.2, 0.25) is 0 Å². The third-order valence-electron chi connectivity index (χ3n) is 3.74. The van der Waals surface area contributed by atoms with E-state index in [1.165, 1.54) is 12.1 Å². The molecule has 1 aromatic carbocycles. The first-order valence-corrected chi connectivity index (χ1v) is 8.14. The zero-order chi connectivity index (χ0) is 19.3. The number of fused-ring (bicyclic) bond motifs is 1. The van der Waals surface area contributed by atoms with Crippen molar-refractivity contribution in [1.82, 2.24) is 10.3 Å². The van der Waals surface area contributed by atoms with Crippen LogP contribution in [0.3, 0.4) is 0 Å². The van der Waals surface area contributed by atoms with Crippen molar-refractivity contribution in [3.63, 3.8) is 0 Å². The molecule has 1 aromatic heterocycles. The molecule has 5 N–H and O–H groups in total. The smallest absolute Gasteiger partial charge is 0.506 e. The Labute approximate surface area is 149 Å². The van der Waals surface area contributed by atoms with E-state index in [0.717, 1.165) is 0 Å². The summed E-state index contributed by atoms with van der Waals surface area (Å²) in [6.07, 6.45) is -1.91. The zero-order valence-electron chi connectivity index (χ0n) is 14.5. The molecule has 0 saturated carbocycles. The Morgan fingerprint density at radius 3 is 2.73 bits per heavy atom. The molecule has 0 aliphatic heterocycles. The Kier molecular flexibility index (Phi) is 6.42. The van der Waals surface area contributed by atoms with Crippen molar-refractivity contribution in [2.75, 3.05) is 13.2 Å². The molecule has 2 aromatic rings. The van der Waals surface area contributed by atoms with Gasteiger partial charge in [0, 0.05) is 24.0 Å². The lowest BCUT2D eigenvalue weighted by Crippen LogP contribution is -2.32. The minimum Gasteiger partial charge on any atom is -0.506 e. The highest BCUT2D eigenvalue weighted by molar-refractivity contribution is 5.90. The lowest BCUT2D eigenvalue weighted by molar-refractivity contribution is -0.137. The van der Waals surface area contributed by atoms with E-state index in [-0.39, 0.29) is 37.2 Å². The first-order valence-electron chi connectivity index (χ1n) is 8.14. The van der Waals surface area contributed by atoms with Gasteiger partial charge in [-0.15, -0.1) is 0 Å². The summed E-state index contributed by atoms with van der Waals surface area (Å²) in [5.74, 6) is -0.930. The van der Waals surface area contributed by atoms with Gasteiger partial charge in [0.2, 0.25) is 5.88 Å². The van der Waals surface area contributed by atoms with E-state index in [0.29, 0.717) is 16.5 Å². The molecule has 9 nitrogen and oxygen atoms in total. The van der Waals surface area contributed by atoms with Crippen LogP contribution in [-0.2, 0) is 9.53 Å². The van der Waals surface area contributed by atoms with Crippen LogP contribution < -0.4 is 10.1 Å². The summed E-state index contributed by atoms with van der Waals surface area (Å²) in [6, 6.07) is 4.12. The number of carbonyl (C=O) groups is 2. The number of hydrogen-bond acceptors (Lipinski definition) is 7. The predicted octanol–water partition coefficient (Wildman–Crippen LogP) is 1.89. The fourth-order valence-corrected chi connectivity index (χ4v) is 2.54. The number of aliphatic hydroxyl groups is 1. The van der Waals surface area contributed by atoms with Crippen molar-refractivity contribution in [1.29, 1.82) is 0 Å². The van der Waals surface area contributed by atoms with Crippen LogP contribution in [0, 0.1) is 0 Å². The number of aromatic nitrogens is 1. The van der Waals surface area contributed by atoms with E-state index in [4.69, 9.17) is 14.6 Å². The molecule has 0 saturated heterocycles. The van der Waals surface area contributed by atoms with Gasteiger partial charge in [-0.1, -0.05) is 6.07 Å². The quantitative estimate of drug-likeness (QED) is 0.446. The number of benzene rings is 1. The Hall–Kier alpha value is -2.78. The minimum atomic E-state index is -0.958. The number of carboxylic acids is 1. The molecule has 9 heteroatoms. The highest BCUT2D eigenvalue weighted by Crippen LogP contribution is 2.33. The van der Waals surface area contributed by atoms with Crippen LogP contribution in [0.1, 0.15) is 31.9 Å². The predicted molar refractivity (Wildman–Crippen MR) is 92.3 cm³/mol. The molecule has 1 heterocycles. The average Bonchev–Trinajstić information content (AvgIpc) is 2.97. The van der Waals surface area contributed by atoms with Gasteiger partial charge < -0.3 is 35.1 Å². The van der Waals surface area contributed by atoms with Gasteiger partial charge in [0.05, 0.1) is 24.6 Å². The molecule has 2 rings (SSSR count). The van der Waals surface area contributed by atoms with E-state index < -0.39 is 18.2 Å². The van der Waals surface area contributed by atoms with E-state index >= 15 is 0 Å². The molecule has 142 valence electrons. The summed E-state index contributed by atoms with van der Waals surface area (Å²) in [5, 5.41) is 32.6. The maximum atomic E-state index is 11.4. The van der Waals surface area contributed by atoms with Crippen LogP contribution in [0.25, 0.3) is 10.9 Å². The summed E-state index contributed by atoms with van der Waals surface area (Å²) in [4.78, 5) is 24.9.